The van der Waals surface area contributed by atoms with Crippen molar-refractivity contribution in [3.05, 3.63) is 0 Å². The molecule has 0 aromatic carbocycles. The molecule has 96 valence electrons. The molecule has 8 heteroatoms. The highest BCUT2D eigenvalue weighted by Crippen LogP contribution is 2.11. The highest BCUT2D eigenvalue weighted by atomic mass is 16.3. The second-order valence-corrected chi connectivity index (χ2v) is 4.34. The van der Waals surface area contributed by atoms with Crippen molar-refractivity contribution < 1.29 is 15.0 Å². The molecule has 0 aromatic rings. The monoisotopic (exact) mass is 243 g/mol. The zero-order valence-electron chi connectivity index (χ0n) is 9.42. The van der Waals surface area contributed by atoms with Gasteiger partial charge in [-0.25, -0.2) is 4.99 Å². The number of carbonyl (C=O) groups excluding carboxylic acids is 1. The number of nitrogens with one attached hydrogen (secondary N) is 3. The molecule has 1 fully saturated rings. The Kier molecular flexibility index (Phi) is 3.29. The average Bonchev–Trinajstić information content (AvgIpc) is 2.27. The Hall–Kier alpha value is -1.22. The Labute approximate surface area is 98.3 Å². The summed E-state index contributed by atoms with van der Waals surface area (Å²) in [5, 5.41) is 27.4. The van der Waals surface area contributed by atoms with E-state index in [0.717, 1.165) is 0 Å². The van der Waals surface area contributed by atoms with Crippen LogP contribution in [0.3, 0.4) is 0 Å². The van der Waals surface area contributed by atoms with Crippen molar-refractivity contribution in [3.63, 3.8) is 0 Å². The van der Waals surface area contributed by atoms with Crippen LogP contribution in [0.25, 0.3) is 0 Å². The zero-order chi connectivity index (χ0) is 12.6. The van der Waals surface area contributed by atoms with Crippen LogP contribution < -0.4 is 21.7 Å². The quantitative estimate of drug-likeness (QED) is 0.297. The van der Waals surface area contributed by atoms with Crippen molar-refractivity contribution in [1.29, 1.82) is 0 Å². The molecule has 3 unspecified atom stereocenters. The van der Waals surface area contributed by atoms with Crippen LogP contribution in [0.4, 0.5) is 0 Å². The lowest BCUT2D eigenvalue weighted by Gasteiger charge is -2.39. The van der Waals surface area contributed by atoms with Gasteiger partial charge in [-0.1, -0.05) is 0 Å². The summed E-state index contributed by atoms with van der Waals surface area (Å²) in [7, 11) is 0. The first-order valence-electron chi connectivity index (χ1n) is 5.48. The fraction of sp³-hybridized carbons (Fsp3) is 0.778. The van der Waals surface area contributed by atoms with E-state index in [4.69, 9.17) is 5.73 Å². The van der Waals surface area contributed by atoms with E-state index in [0.29, 0.717) is 6.54 Å². The SMILES string of the molecule is C[C@H](O)C(O)[C@H]1CNC2N=C(N)NC(=O)C2N1. The second-order valence-electron chi connectivity index (χ2n) is 4.34. The highest BCUT2D eigenvalue weighted by Gasteiger charge is 2.40. The summed E-state index contributed by atoms with van der Waals surface area (Å²) in [6.07, 6.45) is -2.24. The predicted molar refractivity (Wildman–Crippen MR) is 60.0 cm³/mol. The van der Waals surface area contributed by atoms with Gasteiger partial charge in [0.25, 0.3) is 0 Å². The maximum atomic E-state index is 11.7. The highest BCUT2D eigenvalue weighted by molar-refractivity contribution is 6.01. The summed E-state index contributed by atoms with van der Waals surface area (Å²) >= 11 is 0. The number of nitrogens with zero attached hydrogens (tertiary/aromatic N) is 1. The Bertz CT molecular complexity index is 346. The number of hydrogen-bond donors (Lipinski definition) is 6. The maximum absolute atomic E-state index is 11.7. The number of aliphatic hydroxyl groups is 2. The van der Waals surface area contributed by atoms with Gasteiger partial charge in [0.15, 0.2) is 5.96 Å². The molecule has 1 saturated heterocycles. The third kappa shape index (κ3) is 2.39. The molecule has 2 heterocycles. The molecule has 0 aliphatic carbocycles. The molecule has 1 amide bonds. The molecular weight excluding hydrogens is 226 g/mol. The van der Waals surface area contributed by atoms with Gasteiger partial charge in [0, 0.05) is 12.6 Å². The number of hydrogen-bond acceptors (Lipinski definition) is 7. The van der Waals surface area contributed by atoms with Crippen LogP contribution in [0, 0.1) is 0 Å². The maximum Gasteiger partial charge on any atom is 0.247 e. The van der Waals surface area contributed by atoms with Gasteiger partial charge in [-0.15, -0.1) is 0 Å². The number of aliphatic imine (C=N–C) groups is 1. The molecule has 7 N–H and O–H groups in total. The second kappa shape index (κ2) is 4.57. The average molecular weight is 243 g/mol. The normalized spacial score (nSPS) is 36.5. The van der Waals surface area contributed by atoms with Gasteiger partial charge in [0.2, 0.25) is 5.91 Å². The lowest BCUT2D eigenvalue weighted by molar-refractivity contribution is -0.124. The van der Waals surface area contributed by atoms with E-state index in [2.05, 4.69) is 20.9 Å². The first-order chi connectivity index (χ1) is 7.99. The lowest BCUT2D eigenvalue weighted by Crippen LogP contribution is -2.71. The van der Waals surface area contributed by atoms with Gasteiger partial charge >= 0.3 is 0 Å². The van der Waals surface area contributed by atoms with Gasteiger partial charge in [-0.3, -0.25) is 20.7 Å². The minimum absolute atomic E-state index is 0.0834. The van der Waals surface area contributed by atoms with Crippen LogP contribution in [-0.2, 0) is 4.79 Å². The largest absolute Gasteiger partial charge is 0.391 e. The number of fused-ring (bicyclic) bond motifs is 1. The van der Waals surface area contributed by atoms with Gasteiger partial charge in [0.05, 0.1) is 12.2 Å². The van der Waals surface area contributed by atoms with Crippen molar-refractivity contribution >= 4 is 11.9 Å². The van der Waals surface area contributed by atoms with E-state index in [1.54, 1.807) is 0 Å². The van der Waals surface area contributed by atoms with E-state index in [-0.39, 0.29) is 11.9 Å². The zero-order valence-corrected chi connectivity index (χ0v) is 9.42. The number of aliphatic hydroxyl groups excluding tert-OH is 2. The fourth-order valence-electron chi connectivity index (χ4n) is 2.03. The van der Waals surface area contributed by atoms with Crippen LogP contribution >= 0.6 is 0 Å². The molecule has 2 rings (SSSR count). The van der Waals surface area contributed by atoms with Gasteiger partial charge in [-0.05, 0) is 6.92 Å². The van der Waals surface area contributed by atoms with Crippen molar-refractivity contribution in [2.75, 3.05) is 6.54 Å². The van der Waals surface area contributed by atoms with Crippen LogP contribution in [0.15, 0.2) is 4.99 Å². The minimum Gasteiger partial charge on any atom is -0.391 e. The number of carbonyl (C=O) groups is 1. The molecule has 8 nitrogen and oxygen atoms in total. The molecule has 0 aromatic heterocycles. The number of amides is 1. The Balaban J connectivity index is 2.07. The Morgan fingerprint density at radius 1 is 1.53 bits per heavy atom. The van der Waals surface area contributed by atoms with E-state index in [9.17, 15) is 15.0 Å². The fourth-order valence-corrected chi connectivity index (χ4v) is 2.03. The summed E-state index contributed by atoms with van der Waals surface area (Å²) in [4.78, 5) is 15.7. The summed E-state index contributed by atoms with van der Waals surface area (Å²) in [6, 6.07) is -0.994. The van der Waals surface area contributed by atoms with Gasteiger partial charge < -0.3 is 15.9 Å². The third-order valence-corrected chi connectivity index (χ3v) is 2.97. The van der Waals surface area contributed by atoms with Gasteiger partial charge in [0.1, 0.15) is 12.2 Å². The summed E-state index contributed by atoms with van der Waals surface area (Å²) < 4.78 is 0. The van der Waals surface area contributed by atoms with Crippen LogP contribution in [0.1, 0.15) is 6.92 Å². The predicted octanol–water partition coefficient (Wildman–Crippen LogP) is -3.57. The number of rotatable bonds is 2. The smallest absolute Gasteiger partial charge is 0.247 e. The molecule has 2 aliphatic rings. The Morgan fingerprint density at radius 3 is 2.88 bits per heavy atom. The molecule has 0 bridgehead atoms. The first-order valence-corrected chi connectivity index (χ1v) is 5.48. The van der Waals surface area contributed by atoms with Crippen LogP contribution in [0.5, 0.6) is 0 Å². The van der Waals surface area contributed by atoms with Crippen molar-refractivity contribution in [1.82, 2.24) is 16.0 Å². The van der Waals surface area contributed by atoms with Crippen molar-refractivity contribution in [2.24, 2.45) is 10.7 Å². The number of nitrogens with two attached hydrogens (primary N) is 1. The van der Waals surface area contributed by atoms with Gasteiger partial charge in [-0.2, -0.15) is 0 Å². The van der Waals surface area contributed by atoms with Crippen molar-refractivity contribution in [2.45, 2.75) is 37.4 Å². The molecule has 0 saturated carbocycles. The Morgan fingerprint density at radius 2 is 2.24 bits per heavy atom. The minimum atomic E-state index is -0.945. The summed E-state index contributed by atoms with van der Waals surface area (Å²) in [5.41, 5.74) is 5.44. The van der Waals surface area contributed by atoms with E-state index >= 15 is 0 Å². The van der Waals surface area contributed by atoms with Crippen LogP contribution in [-0.4, -0.2) is 59.1 Å². The molecule has 17 heavy (non-hydrogen) atoms. The molecular formula is C9H17N5O3. The van der Waals surface area contributed by atoms with E-state index in [1.807, 2.05) is 0 Å². The third-order valence-electron chi connectivity index (χ3n) is 2.97. The standard InChI is InChI=1S/C9H17N5O3/c1-3(15)6(16)4-2-11-7-5(12-4)8(17)14-9(10)13-7/h3-7,11-12,15-16H,2H2,1H3,(H3,10,13,14,17)/t3-,4+,5?,6?,7?/m0/s1. The molecule has 0 radical (unpaired) electrons. The van der Waals surface area contributed by atoms with E-state index < -0.39 is 30.5 Å². The summed E-state index contributed by atoms with van der Waals surface area (Å²) in [6.45, 7) is 1.90. The number of guanidine groups is 1. The first kappa shape index (κ1) is 12.2. The molecule has 5 atom stereocenters. The van der Waals surface area contributed by atoms with Crippen LogP contribution in [0.2, 0.25) is 0 Å². The summed E-state index contributed by atoms with van der Waals surface area (Å²) in [5.74, 6) is -0.211. The van der Waals surface area contributed by atoms with E-state index in [1.165, 1.54) is 6.92 Å². The molecule has 2 aliphatic heterocycles. The molecule has 0 spiro atoms. The van der Waals surface area contributed by atoms with Crippen molar-refractivity contribution in [3.8, 4) is 0 Å². The number of piperazine rings is 1. The lowest BCUT2D eigenvalue weighted by atomic mass is 10.00. The topological polar surface area (TPSA) is 132 Å².